The predicted molar refractivity (Wildman–Crippen MR) is 168 cm³/mol. The maximum atomic E-state index is 13.9. The minimum atomic E-state index is -0.534. The molecule has 1 aliphatic heterocycles. The molecule has 0 radical (unpaired) electrons. The maximum absolute atomic E-state index is 13.9. The second kappa shape index (κ2) is 12.2. The summed E-state index contributed by atoms with van der Waals surface area (Å²) >= 11 is 19.3. The van der Waals surface area contributed by atoms with E-state index in [2.05, 4.69) is 27.8 Å². The van der Waals surface area contributed by atoms with Crippen molar-refractivity contribution in [1.29, 1.82) is 0 Å². The fourth-order valence-electron chi connectivity index (χ4n) is 4.96. The van der Waals surface area contributed by atoms with E-state index < -0.39 is 5.97 Å². The number of ether oxygens (including phenoxy) is 2. The molecule has 7 nitrogen and oxygen atoms in total. The van der Waals surface area contributed by atoms with Crippen LogP contribution in [-0.2, 0) is 4.74 Å². The fraction of sp³-hybridized carbons (Fsp3) is 0.182. The highest BCUT2D eigenvalue weighted by Gasteiger charge is 2.36. The number of amides is 1. The first kappa shape index (κ1) is 28.9. The van der Waals surface area contributed by atoms with Crippen molar-refractivity contribution in [3.63, 3.8) is 0 Å². The van der Waals surface area contributed by atoms with Crippen LogP contribution in [0.3, 0.4) is 0 Å². The quantitative estimate of drug-likeness (QED) is 0.166. The first-order valence-electron chi connectivity index (χ1n) is 13.5. The molecule has 0 unspecified atom stereocenters. The van der Waals surface area contributed by atoms with Crippen LogP contribution in [-0.4, -0.2) is 43.1 Å². The van der Waals surface area contributed by atoms with Crippen molar-refractivity contribution in [2.75, 3.05) is 30.0 Å². The van der Waals surface area contributed by atoms with E-state index in [-0.39, 0.29) is 38.2 Å². The Kier molecular flexibility index (Phi) is 8.18. The van der Waals surface area contributed by atoms with Crippen molar-refractivity contribution < 1.29 is 19.1 Å². The Bertz CT molecular complexity index is 1810. The molecule has 0 N–H and O–H groups in total. The Hall–Kier alpha value is -4.22. The lowest BCUT2D eigenvalue weighted by molar-refractivity contribution is 0.0600. The third-order valence-corrected chi connectivity index (χ3v) is 8.15. The van der Waals surface area contributed by atoms with Crippen LogP contribution in [0, 0.1) is 11.8 Å². The summed E-state index contributed by atoms with van der Waals surface area (Å²) < 4.78 is 10.8. The second-order valence-electron chi connectivity index (χ2n) is 10.0. The summed E-state index contributed by atoms with van der Waals surface area (Å²) in [5, 5.41) is 0.749. The van der Waals surface area contributed by atoms with Gasteiger partial charge in [0.1, 0.15) is 11.3 Å². The summed E-state index contributed by atoms with van der Waals surface area (Å²) in [6.45, 7) is 1.31. The Labute approximate surface area is 263 Å². The number of methoxy groups -OCH3 is 1. The van der Waals surface area contributed by atoms with Crippen LogP contribution in [0.1, 0.15) is 44.7 Å². The van der Waals surface area contributed by atoms with E-state index >= 15 is 0 Å². The smallest absolute Gasteiger partial charge is 0.339 e. The molecule has 1 aromatic heterocycles. The molecule has 4 aromatic rings. The number of rotatable bonds is 5. The van der Waals surface area contributed by atoms with Crippen molar-refractivity contribution in [3.05, 3.63) is 110 Å². The molecule has 1 amide bonds. The van der Waals surface area contributed by atoms with E-state index in [9.17, 15) is 9.59 Å². The zero-order chi connectivity index (χ0) is 30.1. The van der Waals surface area contributed by atoms with Gasteiger partial charge in [-0.2, -0.15) is 0 Å². The molecular formula is C33H24Cl3N3O4. The summed E-state index contributed by atoms with van der Waals surface area (Å²) in [7, 11) is 1.29. The molecule has 0 atom stereocenters. The molecule has 0 spiro atoms. The first-order valence-corrected chi connectivity index (χ1v) is 14.7. The molecule has 1 aliphatic carbocycles. The summed E-state index contributed by atoms with van der Waals surface area (Å²) in [4.78, 5) is 34.2. The zero-order valence-electron chi connectivity index (χ0n) is 22.9. The SMILES string of the molecule is COC(=O)c1ccc(C#Cc2cc(Cl)c(Oc3ncccc3C(=O)N3CCN(C4CC4)c4ccccc43)cc2Cl)cc1Cl. The van der Waals surface area contributed by atoms with Gasteiger partial charge in [-0.25, -0.2) is 9.78 Å². The number of pyridine rings is 1. The number of nitrogens with zero attached hydrogens (tertiary/aromatic N) is 3. The third-order valence-electron chi connectivity index (χ3n) is 7.22. The highest BCUT2D eigenvalue weighted by atomic mass is 35.5. The number of esters is 1. The topological polar surface area (TPSA) is 72.0 Å². The number of carbonyl (C=O) groups is 2. The minimum absolute atomic E-state index is 0.117. The molecule has 1 fully saturated rings. The molecule has 6 rings (SSSR count). The lowest BCUT2D eigenvalue weighted by atomic mass is 10.1. The van der Waals surface area contributed by atoms with Gasteiger partial charge >= 0.3 is 5.97 Å². The highest BCUT2D eigenvalue weighted by Crippen LogP contribution is 2.41. The van der Waals surface area contributed by atoms with Gasteiger partial charge in [0.05, 0.1) is 39.1 Å². The van der Waals surface area contributed by atoms with Crippen LogP contribution < -0.4 is 14.5 Å². The molecule has 2 aliphatic rings. The van der Waals surface area contributed by atoms with Gasteiger partial charge in [-0.05, 0) is 61.4 Å². The van der Waals surface area contributed by atoms with Gasteiger partial charge in [0, 0.05) is 42.5 Å². The molecule has 0 bridgehead atoms. The molecule has 1 saturated carbocycles. The van der Waals surface area contributed by atoms with E-state index in [1.54, 1.807) is 47.5 Å². The van der Waals surface area contributed by atoms with E-state index in [1.165, 1.54) is 26.0 Å². The van der Waals surface area contributed by atoms with E-state index in [4.69, 9.17) is 44.3 Å². The Morgan fingerprint density at radius 3 is 2.40 bits per heavy atom. The number of para-hydroxylation sites is 2. The number of benzene rings is 3. The number of fused-ring (bicyclic) bond motifs is 1. The Morgan fingerprint density at radius 2 is 1.65 bits per heavy atom. The van der Waals surface area contributed by atoms with Crippen molar-refractivity contribution in [1.82, 2.24) is 4.98 Å². The van der Waals surface area contributed by atoms with Crippen molar-refractivity contribution in [2.24, 2.45) is 0 Å². The zero-order valence-corrected chi connectivity index (χ0v) is 25.2. The largest absolute Gasteiger partial charge is 0.465 e. The lowest BCUT2D eigenvalue weighted by Gasteiger charge is -2.38. The molecule has 0 saturated heterocycles. The van der Waals surface area contributed by atoms with Crippen molar-refractivity contribution >= 4 is 58.1 Å². The monoisotopic (exact) mass is 631 g/mol. The minimum Gasteiger partial charge on any atom is -0.465 e. The van der Waals surface area contributed by atoms with Gasteiger partial charge < -0.3 is 19.3 Å². The highest BCUT2D eigenvalue weighted by molar-refractivity contribution is 6.35. The number of aromatic nitrogens is 1. The third kappa shape index (κ3) is 6.00. The van der Waals surface area contributed by atoms with Gasteiger partial charge in [-0.15, -0.1) is 0 Å². The Balaban J connectivity index is 1.24. The first-order chi connectivity index (χ1) is 20.8. The molecule has 216 valence electrons. The van der Waals surface area contributed by atoms with Crippen LogP contribution in [0.5, 0.6) is 11.6 Å². The van der Waals surface area contributed by atoms with Crippen molar-refractivity contribution in [3.8, 4) is 23.5 Å². The lowest BCUT2D eigenvalue weighted by Crippen LogP contribution is -2.45. The van der Waals surface area contributed by atoms with Crippen molar-refractivity contribution in [2.45, 2.75) is 18.9 Å². The summed E-state index contributed by atoms with van der Waals surface area (Å²) in [6.07, 6.45) is 3.90. The summed E-state index contributed by atoms with van der Waals surface area (Å²) in [6, 6.07) is 19.8. The number of hydrogen-bond acceptors (Lipinski definition) is 6. The summed E-state index contributed by atoms with van der Waals surface area (Å²) in [5.74, 6) is 5.54. The average molecular weight is 633 g/mol. The number of anilines is 2. The molecule has 2 heterocycles. The van der Waals surface area contributed by atoms with Crippen LogP contribution >= 0.6 is 34.8 Å². The fourth-order valence-corrected chi connectivity index (χ4v) is 5.62. The van der Waals surface area contributed by atoms with Gasteiger partial charge in [-0.1, -0.05) is 58.8 Å². The van der Waals surface area contributed by atoms with Crippen LogP contribution in [0.15, 0.2) is 72.9 Å². The maximum Gasteiger partial charge on any atom is 0.339 e. The van der Waals surface area contributed by atoms with E-state index in [0.29, 0.717) is 29.3 Å². The molecule has 43 heavy (non-hydrogen) atoms. The van der Waals surface area contributed by atoms with E-state index in [1.807, 2.05) is 18.2 Å². The molecule has 10 heteroatoms. The van der Waals surface area contributed by atoms with Gasteiger partial charge in [0.25, 0.3) is 5.91 Å². The predicted octanol–water partition coefficient (Wildman–Crippen LogP) is 7.65. The average Bonchev–Trinajstić information content (AvgIpc) is 3.87. The number of halogens is 3. The number of carbonyl (C=O) groups excluding carboxylic acids is 2. The Morgan fingerprint density at radius 1 is 0.860 bits per heavy atom. The van der Waals surface area contributed by atoms with Gasteiger partial charge in [0.2, 0.25) is 5.88 Å². The molecule has 3 aromatic carbocycles. The van der Waals surface area contributed by atoms with Crippen LogP contribution in [0.2, 0.25) is 15.1 Å². The van der Waals surface area contributed by atoms with Crippen LogP contribution in [0.25, 0.3) is 0 Å². The number of hydrogen-bond donors (Lipinski definition) is 0. The molecular weight excluding hydrogens is 609 g/mol. The summed E-state index contributed by atoms with van der Waals surface area (Å²) in [5.41, 5.74) is 3.50. The van der Waals surface area contributed by atoms with Crippen LogP contribution in [0.4, 0.5) is 11.4 Å². The normalized spacial score (nSPS) is 14.0. The second-order valence-corrected chi connectivity index (χ2v) is 11.2. The standard InChI is InChI=1S/C33H24Cl3N3O4/c1-42-33(41)23-13-9-20(17-26(23)35)8-10-21-18-27(36)30(19-25(21)34)43-31-24(5-4-14-37-31)32(40)39-16-15-38(22-11-12-22)28-6-2-3-7-29(28)39/h2-7,9,13-14,17-19,22H,11-12,15-16H2,1H3. The van der Waals surface area contributed by atoms with E-state index in [0.717, 1.165) is 17.9 Å². The van der Waals surface area contributed by atoms with Gasteiger partial charge in [-0.3, -0.25) is 4.79 Å². The van der Waals surface area contributed by atoms with Gasteiger partial charge in [0.15, 0.2) is 0 Å².